The molecule has 0 unspecified atom stereocenters. The maximum atomic E-state index is 6.24. The molecule has 0 amide bonds. The van der Waals surface area contributed by atoms with Crippen molar-refractivity contribution in [1.82, 2.24) is 0 Å². The molecule has 1 aromatic carbocycles. The number of hydrogen-bond acceptors (Lipinski definition) is 1. The van der Waals surface area contributed by atoms with Crippen molar-refractivity contribution in [1.29, 1.82) is 0 Å². The van der Waals surface area contributed by atoms with Crippen molar-refractivity contribution in [2.45, 2.75) is 41.0 Å². The molecule has 0 radical (unpaired) electrons. The van der Waals surface area contributed by atoms with Gasteiger partial charge in [-0.25, -0.2) is 0 Å². The molecule has 2 heteroatoms. The molecule has 0 aromatic heterocycles. The molecule has 20 heavy (non-hydrogen) atoms. The van der Waals surface area contributed by atoms with Crippen molar-refractivity contribution in [3.63, 3.8) is 0 Å². The summed E-state index contributed by atoms with van der Waals surface area (Å²) in [6, 6.07) is 6.41. The van der Waals surface area contributed by atoms with Gasteiger partial charge in [-0.15, -0.1) is 0 Å². The fraction of sp³-hybridized carbons (Fsp3) is 0.389. The SMILES string of the molecule is [CH2]=[Ti]([O]c1cc(C)cc(C)c1)[C]1=C(C(C)(C)C)C=CC1. The van der Waals surface area contributed by atoms with Crippen LogP contribution in [0.15, 0.2) is 39.8 Å². The van der Waals surface area contributed by atoms with Crippen molar-refractivity contribution in [3.05, 3.63) is 50.9 Å². The molecule has 0 saturated heterocycles. The Morgan fingerprint density at radius 3 is 2.25 bits per heavy atom. The molecule has 0 N–H and O–H groups in total. The summed E-state index contributed by atoms with van der Waals surface area (Å²) in [4.78, 5) is 4.38. The van der Waals surface area contributed by atoms with Gasteiger partial charge in [-0.05, 0) is 0 Å². The van der Waals surface area contributed by atoms with Gasteiger partial charge in [0.15, 0.2) is 0 Å². The van der Waals surface area contributed by atoms with Crippen LogP contribution in [0.1, 0.15) is 38.3 Å². The topological polar surface area (TPSA) is 9.23 Å². The standard InChI is InChI=1S/C9H13.C8H10O.CH2.Ti/c1-9(2,3)8-6-4-5-7-8;1-6-3-7(2)5-8(9)4-6;;/h4,6H,5H2,1-3H3;3-5,9H,1-2H3;1H2;/q;;;+1/p-1. The van der Waals surface area contributed by atoms with Crippen LogP contribution in [0.2, 0.25) is 0 Å². The van der Waals surface area contributed by atoms with Gasteiger partial charge in [-0.3, -0.25) is 0 Å². The first-order chi connectivity index (χ1) is 9.27. The minimum atomic E-state index is -1.91. The van der Waals surface area contributed by atoms with Crippen LogP contribution in [0, 0.1) is 19.3 Å². The van der Waals surface area contributed by atoms with Crippen LogP contribution in [-0.4, -0.2) is 4.82 Å². The summed E-state index contributed by atoms with van der Waals surface area (Å²) in [5, 5.41) is 0. The van der Waals surface area contributed by atoms with E-state index < -0.39 is 17.8 Å². The van der Waals surface area contributed by atoms with Crippen LogP contribution in [0.25, 0.3) is 0 Å². The Morgan fingerprint density at radius 2 is 1.70 bits per heavy atom. The molecule has 0 heterocycles. The Bertz CT molecular complexity index is 580. The van der Waals surface area contributed by atoms with Gasteiger partial charge in [0.25, 0.3) is 0 Å². The van der Waals surface area contributed by atoms with Crippen molar-refractivity contribution in [3.8, 4) is 5.75 Å². The Hall–Kier alpha value is -0.916. The Kier molecular flexibility index (Phi) is 4.51. The van der Waals surface area contributed by atoms with Crippen molar-refractivity contribution in [2.24, 2.45) is 5.41 Å². The zero-order chi connectivity index (χ0) is 14.9. The summed E-state index contributed by atoms with van der Waals surface area (Å²) in [5.74, 6) is 0.986. The van der Waals surface area contributed by atoms with Crippen LogP contribution in [0.3, 0.4) is 0 Å². The third kappa shape index (κ3) is 3.59. The van der Waals surface area contributed by atoms with E-state index in [2.05, 4.69) is 69.8 Å². The van der Waals surface area contributed by atoms with Crippen molar-refractivity contribution < 1.29 is 21.1 Å². The first kappa shape index (κ1) is 15.5. The van der Waals surface area contributed by atoms with Gasteiger partial charge in [0, 0.05) is 0 Å². The van der Waals surface area contributed by atoms with Gasteiger partial charge in [-0.1, -0.05) is 0 Å². The van der Waals surface area contributed by atoms with E-state index >= 15 is 0 Å². The van der Waals surface area contributed by atoms with E-state index in [0.717, 1.165) is 12.2 Å². The van der Waals surface area contributed by atoms with Gasteiger partial charge in [0.2, 0.25) is 0 Å². The zero-order valence-corrected chi connectivity index (χ0v) is 14.8. The first-order valence-electron chi connectivity index (χ1n) is 7.13. The molecule has 0 bridgehead atoms. The van der Waals surface area contributed by atoms with E-state index in [4.69, 9.17) is 3.32 Å². The molecule has 0 atom stereocenters. The summed E-state index contributed by atoms with van der Waals surface area (Å²) in [7, 11) is 0. The van der Waals surface area contributed by atoms with Crippen molar-refractivity contribution in [2.75, 3.05) is 0 Å². The summed E-state index contributed by atoms with van der Waals surface area (Å²) in [5.41, 5.74) is 4.12. The van der Waals surface area contributed by atoms with E-state index in [1.54, 1.807) is 0 Å². The van der Waals surface area contributed by atoms with Gasteiger partial charge >= 0.3 is 129 Å². The molecule has 0 aliphatic heterocycles. The second-order valence-corrected chi connectivity index (χ2v) is 9.18. The number of rotatable bonds is 3. The average Bonchev–Trinajstić information content (AvgIpc) is 2.75. The van der Waals surface area contributed by atoms with E-state index in [9.17, 15) is 0 Å². The van der Waals surface area contributed by atoms with Crippen molar-refractivity contribution >= 4 is 4.82 Å². The molecule has 1 nitrogen and oxygen atoms in total. The second-order valence-electron chi connectivity index (χ2n) is 6.60. The Labute approximate surface area is 129 Å². The predicted octanol–water partition coefficient (Wildman–Crippen LogP) is 4.91. The summed E-state index contributed by atoms with van der Waals surface area (Å²) in [6.45, 7) is 11.0. The number of allylic oxidation sites excluding steroid dienone is 4. The molecule has 1 aromatic rings. The van der Waals surface area contributed by atoms with E-state index in [1.807, 2.05) is 0 Å². The quantitative estimate of drug-likeness (QED) is 0.721. The second kappa shape index (κ2) is 5.83. The van der Waals surface area contributed by atoms with E-state index in [-0.39, 0.29) is 5.41 Å². The Balaban J connectivity index is 2.25. The van der Waals surface area contributed by atoms with Gasteiger partial charge in [-0.2, -0.15) is 0 Å². The first-order valence-corrected chi connectivity index (χ1v) is 9.65. The maximum absolute atomic E-state index is 6.24. The van der Waals surface area contributed by atoms with E-state index in [0.29, 0.717) is 0 Å². The monoisotopic (exact) mass is 304 g/mol. The van der Waals surface area contributed by atoms with Crippen LogP contribution >= 0.6 is 0 Å². The van der Waals surface area contributed by atoms with E-state index in [1.165, 1.54) is 20.6 Å². The summed E-state index contributed by atoms with van der Waals surface area (Å²) >= 11 is -1.91. The van der Waals surface area contributed by atoms with Gasteiger partial charge < -0.3 is 0 Å². The third-order valence-corrected chi connectivity index (χ3v) is 6.06. The number of aryl methyl sites for hydroxylation is 2. The fourth-order valence-electron chi connectivity index (χ4n) is 2.67. The summed E-state index contributed by atoms with van der Waals surface area (Å²) in [6.07, 6.45) is 5.54. The predicted molar refractivity (Wildman–Crippen MR) is 83.9 cm³/mol. The third-order valence-electron chi connectivity index (χ3n) is 3.51. The molecular formula is C18H24OTi. The molecule has 0 fully saturated rings. The Morgan fingerprint density at radius 1 is 1.10 bits per heavy atom. The minimum absolute atomic E-state index is 0.185. The molecule has 1 aliphatic carbocycles. The molecule has 106 valence electrons. The van der Waals surface area contributed by atoms with Crippen LogP contribution in [0.4, 0.5) is 0 Å². The van der Waals surface area contributed by atoms with Crippen LogP contribution in [0.5, 0.6) is 5.75 Å². The fourth-order valence-corrected chi connectivity index (χ4v) is 5.21. The van der Waals surface area contributed by atoms with Crippen LogP contribution in [-0.2, 0) is 17.8 Å². The van der Waals surface area contributed by atoms with Gasteiger partial charge in [0.05, 0.1) is 0 Å². The average molecular weight is 304 g/mol. The zero-order valence-electron chi connectivity index (χ0n) is 13.2. The summed E-state index contributed by atoms with van der Waals surface area (Å²) < 4.78 is 7.71. The van der Waals surface area contributed by atoms with Gasteiger partial charge in [0.1, 0.15) is 0 Å². The molecular weight excluding hydrogens is 280 g/mol. The molecule has 0 spiro atoms. The molecule has 1 aliphatic rings. The molecule has 0 saturated carbocycles. The molecule has 2 rings (SSSR count). The van der Waals surface area contributed by atoms with Crippen LogP contribution < -0.4 is 3.32 Å². The number of benzene rings is 1. The number of hydrogen-bond donors (Lipinski definition) is 0. The normalized spacial score (nSPS) is 14.8.